The highest BCUT2D eigenvalue weighted by molar-refractivity contribution is 6.03. The van der Waals surface area contributed by atoms with Gasteiger partial charge in [-0.05, 0) is 48.5 Å². The van der Waals surface area contributed by atoms with Crippen LogP contribution in [0.15, 0.2) is 83.5 Å². The summed E-state index contributed by atoms with van der Waals surface area (Å²) in [6.07, 6.45) is 4.00. The summed E-state index contributed by atoms with van der Waals surface area (Å²) < 4.78 is 5.73. The molecule has 0 unspecified atom stereocenters. The van der Waals surface area contributed by atoms with Crippen molar-refractivity contribution in [2.45, 2.75) is 0 Å². The Balaban J connectivity index is 1.73. The first kappa shape index (κ1) is 21.1. The van der Waals surface area contributed by atoms with E-state index in [4.69, 9.17) is 14.6 Å². The lowest BCUT2D eigenvalue weighted by Gasteiger charge is -2.02. The molecule has 0 aliphatic heterocycles. The summed E-state index contributed by atoms with van der Waals surface area (Å²) in [6.45, 7) is 3.26. The quantitative estimate of drug-likeness (QED) is 0.260. The first-order valence-electron chi connectivity index (χ1n) is 8.90. The number of oxazole rings is 1. The van der Waals surface area contributed by atoms with Crippen molar-refractivity contribution in [3.05, 3.63) is 79.1 Å². The van der Waals surface area contributed by atoms with Gasteiger partial charge in [-0.15, -0.1) is 0 Å². The molecule has 0 radical (unpaired) electrons. The molecule has 0 spiro atoms. The molecule has 0 bridgehead atoms. The summed E-state index contributed by atoms with van der Waals surface area (Å²) in [6, 6.07) is 11.6. The number of amides is 2. The minimum absolute atomic E-state index is 0.221. The number of carbonyl (C=O) groups excluding carboxylic acids is 2. The van der Waals surface area contributed by atoms with E-state index in [0.717, 1.165) is 18.2 Å². The van der Waals surface area contributed by atoms with E-state index in [1.54, 1.807) is 42.5 Å². The van der Waals surface area contributed by atoms with Crippen LogP contribution >= 0.6 is 0 Å². The van der Waals surface area contributed by atoms with E-state index in [-0.39, 0.29) is 5.76 Å². The third-order valence-corrected chi connectivity index (χ3v) is 3.86. The van der Waals surface area contributed by atoms with E-state index in [1.165, 1.54) is 6.08 Å². The number of carboxylic acids is 1. The van der Waals surface area contributed by atoms with Crippen molar-refractivity contribution in [3.63, 3.8) is 0 Å². The van der Waals surface area contributed by atoms with Gasteiger partial charge in [-0.3, -0.25) is 9.59 Å². The average Bonchev–Trinajstić information content (AvgIpc) is 3.14. The number of nitrogens with one attached hydrogen (secondary N) is 2. The summed E-state index contributed by atoms with van der Waals surface area (Å²) in [4.78, 5) is 38.3. The summed E-state index contributed by atoms with van der Waals surface area (Å²) in [7, 11) is 0. The maximum atomic E-state index is 11.7. The number of anilines is 2. The molecule has 3 aromatic rings. The molecule has 4 N–H and O–H groups in total. The minimum Gasteiger partial charge on any atom is -0.509 e. The van der Waals surface area contributed by atoms with Gasteiger partial charge in [0.2, 0.25) is 17.7 Å². The summed E-state index contributed by atoms with van der Waals surface area (Å²) in [5.74, 6) is -2.09. The van der Waals surface area contributed by atoms with Gasteiger partial charge in [-0.1, -0.05) is 6.58 Å². The van der Waals surface area contributed by atoms with Gasteiger partial charge in [0.1, 0.15) is 11.3 Å². The number of fused-ring (bicyclic) bond motifs is 1. The molecule has 156 valence electrons. The summed E-state index contributed by atoms with van der Waals surface area (Å²) in [5.41, 5.74) is 2.65. The molecular formula is C22H17N3O6. The fraction of sp³-hybridized carbons (Fsp3) is 0. The van der Waals surface area contributed by atoms with Gasteiger partial charge in [-0.25, -0.2) is 9.78 Å². The molecule has 0 aliphatic rings. The van der Waals surface area contributed by atoms with Crippen molar-refractivity contribution in [1.82, 2.24) is 4.98 Å². The van der Waals surface area contributed by atoms with Crippen LogP contribution in [-0.2, 0) is 14.4 Å². The molecule has 0 atom stereocenters. The number of allylic oxidation sites excluding steroid dienone is 1. The SMILES string of the molecule is C=C(O)/C=C\C(=O)Nc1ccc(-c2nc3cc(NC(=O)/C=C\C(=O)O)ccc3o2)cc1. The number of hydrogen-bond acceptors (Lipinski definition) is 6. The van der Waals surface area contributed by atoms with Crippen molar-refractivity contribution in [2.75, 3.05) is 10.6 Å². The Bertz CT molecular complexity index is 1220. The second kappa shape index (κ2) is 9.23. The zero-order chi connectivity index (χ0) is 22.4. The molecule has 31 heavy (non-hydrogen) atoms. The van der Waals surface area contributed by atoms with Crippen molar-refractivity contribution in [3.8, 4) is 11.5 Å². The lowest BCUT2D eigenvalue weighted by atomic mass is 10.2. The van der Waals surface area contributed by atoms with E-state index in [2.05, 4.69) is 22.2 Å². The van der Waals surface area contributed by atoms with Gasteiger partial charge in [0.05, 0.1) is 0 Å². The number of aliphatic hydroxyl groups is 1. The number of nitrogens with zero attached hydrogens (tertiary/aromatic N) is 1. The first-order valence-corrected chi connectivity index (χ1v) is 8.90. The standard InChI is InChI=1S/C22H17N3O6/c1-13(26)2-9-19(27)23-15-5-3-14(4-6-15)22-25-17-12-16(7-8-18(17)31-22)24-20(28)10-11-21(29)30/h2-12,26H,1H2,(H,23,27)(H,24,28)(H,29,30)/b9-2-,11-10-. The van der Waals surface area contributed by atoms with Crippen LogP contribution in [0.25, 0.3) is 22.6 Å². The highest BCUT2D eigenvalue weighted by Crippen LogP contribution is 2.27. The number of aromatic nitrogens is 1. The van der Waals surface area contributed by atoms with Gasteiger partial charge in [-0.2, -0.15) is 0 Å². The second-order valence-electron chi connectivity index (χ2n) is 6.25. The molecule has 0 saturated carbocycles. The molecule has 9 heteroatoms. The predicted octanol–water partition coefficient (Wildman–Crippen LogP) is 3.64. The van der Waals surface area contributed by atoms with Gasteiger partial charge in [0.25, 0.3) is 0 Å². The Morgan fingerprint density at radius 1 is 0.871 bits per heavy atom. The van der Waals surface area contributed by atoms with Crippen LogP contribution in [0.1, 0.15) is 0 Å². The number of benzene rings is 2. The average molecular weight is 419 g/mol. The molecule has 0 fully saturated rings. The highest BCUT2D eigenvalue weighted by Gasteiger charge is 2.10. The van der Waals surface area contributed by atoms with Gasteiger partial charge < -0.3 is 25.3 Å². The summed E-state index contributed by atoms with van der Waals surface area (Å²) >= 11 is 0. The van der Waals surface area contributed by atoms with Crippen LogP contribution in [-0.4, -0.2) is 33.0 Å². The smallest absolute Gasteiger partial charge is 0.328 e. The van der Waals surface area contributed by atoms with E-state index in [9.17, 15) is 14.4 Å². The largest absolute Gasteiger partial charge is 0.509 e. The Labute approximate surface area is 176 Å². The Morgan fingerprint density at radius 3 is 2.13 bits per heavy atom. The van der Waals surface area contributed by atoms with Crippen LogP contribution in [0.5, 0.6) is 0 Å². The maximum Gasteiger partial charge on any atom is 0.328 e. The van der Waals surface area contributed by atoms with Crippen LogP contribution < -0.4 is 10.6 Å². The number of carbonyl (C=O) groups is 3. The number of aliphatic hydroxyl groups excluding tert-OH is 1. The monoisotopic (exact) mass is 419 g/mol. The molecule has 0 aliphatic carbocycles. The van der Waals surface area contributed by atoms with Crippen LogP contribution in [0.3, 0.4) is 0 Å². The Kier molecular flexibility index (Phi) is 6.27. The zero-order valence-corrected chi connectivity index (χ0v) is 16.0. The Morgan fingerprint density at radius 2 is 1.48 bits per heavy atom. The van der Waals surface area contributed by atoms with Crippen LogP contribution in [0.2, 0.25) is 0 Å². The van der Waals surface area contributed by atoms with Gasteiger partial charge in [0.15, 0.2) is 5.58 Å². The molecule has 2 amide bonds. The lowest BCUT2D eigenvalue weighted by Crippen LogP contribution is -2.08. The topological polar surface area (TPSA) is 142 Å². The first-order chi connectivity index (χ1) is 14.8. The van der Waals surface area contributed by atoms with Gasteiger partial charge >= 0.3 is 5.97 Å². The molecule has 9 nitrogen and oxygen atoms in total. The number of rotatable bonds is 7. The van der Waals surface area contributed by atoms with E-state index in [0.29, 0.717) is 33.9 Å². The van der Waals surface area contributed by atoms with Crippen molar-refractivity contribution < 1.29 is 29.0 Å². The number of hydrogen-bond donors (Lipinski definition) is 4. The molecule has 1 heterocycles. The second-order valence-corrected chi connectivity index (χ2v) is 6.25. The maximum absolute atomic E-state index is 11.7. The number of aliphatic carboxylic acids is 1. The number of carboxylic acid groups (broad SMARTS) is 1. The van der Waals surface area contributed by atoms with Crippen molar-refractivity contribution in [2.24, 2.45) is 0 Å². The van der Waals surface area contributed by atoms with Crippen molar-refractivity contribution >= 4 is 40.3 Å². The third kappa shape index (κ3) is 5.91. The van der Waals surface area contributed by atoms with E-state index < -0.39 is 17.8 Å². The van der Waals surface area contributed by atoms with Crippen molar-refractivity contribution in [1.29, 1.82) is 0 Å². The third-order valence-electron chi connectivity index (χ3n) is 3.86. The normalized spacial score (nSPS) is 11.1. The zero-order valence-electron chi connectivity index (χ0n) is 16.0. The predicted molar refractivity (Wildman–Crippen MR) is 114 cm³/mol. The van der Waals surface area contributed by atoms with Crippen LogP contribution in [0.4, 0.5) is 11.4 Å². The minimum atomic E-state index is -1.22. The highest BCUT2D eigenvalue weighted by atomic mass is 16.4. The van der Waals surface area contributed by atoms with Gasteiger partial charge in [0, 0.05) is 35.2 Å². The summed E-state index contributed by atoms with van der Waals surface area (Å²) in [5, 5.41) is 22.7. The molecule has 0 saturated heterocycles. The fourth-order valence-electron chi connectivity index (χ4n) is 2.51. The van der Waals surface area contributed by atoms with Crippen LogP contribution in [0, 0.1) is 0 Å². The Hall–Kier alpha value is -4.66. The van der Waals surface area contributed by atoms with E-state index in [1.807, 2.05) is 0 Å². The fourth-order valence-corrected chi connectivity index (χ4v) is 2.51. The molecule has 1 aromatic heterocycles. The molecule has 3 rings (SSSR count). The lowest BCUT2D eigenvalue weighted by molar-refractivity contribution is -0.131. The molecule has 2 aromatic carbocycles. The van der Waals surface area contributed by atoms with E-state index >= 15 is 0 Å². The molecular weight excluding hydrogens is 402 g/mol.